The van der Waals surface area contributed by atoms with Crippen LogP contribution in [0.2, 0.25) is 0 Å². The third-order valence-corrected chi connectivity index (χ3v) is 3.39. The molecule has 0 radical (unpaired) electrons. The maximum absolute atomic E-state index is 11.5. The predicted octanol–water partition coefficient (Wildman–Crippen LogP) is 3.06. The summed E-state index contributed by atoms with van der Waals surface area (Å²) in [7, 11) is -3.54. The van der Waals surface area contributed by atoms with Crippen LogP contribution >= 0.6 is 0 Å². The Balaban J connectivity index is 2.50. The summed E-state index contributed by atoms with van der Waals surface area (Å²) >= 11 is 0. The summed E-state index contributed by atoms with van der Waals surface area (Å²) < 4.78 is 28.2. The fraction of sp³-hybridized carbons (Fsp3) is 0.200. The lowest BCUT2D eigenvalue weighted by atomic mass is 9.98. The molecule has 0 spiro atoms. The van der Waals surface area contributed by atoms with Gasteiger partial charge in [0.15, 0.2) is 0 Å². The molecular weight excluding hydrogens is 260 g/mol. The lowest BCUT2D eigenvalue weighted by Crippen LogP contribution is -2.12. The Hall–Kier alpha value is -1.65. The zero-order valence-electron chi connectivity index (χ0n) is 10.9. The van der Waals surface area contributed by atoms with Gasteiger partial charge in [-0.2, -0.15) is 8.42 Å². The van der Waals surface area contributed by atoms with Crippen LogP contribution in [0.25, 0.3) is 0 Å². The van der Waals surface area contributed by atoms with Crippen molar-refractivity contribution in [1.82, 2.24) is 0 Å². The molecule has 0 heterocycles. The lowest BCUT2D eigenvalue weighted by molar-refractivity contribution is 0.255. The van der Waals surface area contributed by atoms with Crippen molar-refractivity contribution in [3.05, 3.63) is 71.3 Å². The fourth-order valence-corrected chi connectivity index (χ4v) is 2.53. The molecule has 0 saturated carbocycles. The first-order valence-electron chi connectivity index (χ1n) is 5.96. The minimum atomic E-state index is -3.54. The predicted molar refractivity (Wildman–Crippen MR) is 75.4 cm³/mol. The van der Waals surface area contributed by atoms with Crippen LogP contribution in [0.4, 0.5) is 0 Å². The monoisotopic (exact) mass is 276 g/mol. The number of hydrogen-bond donors (Lipinski definition) is 0. The molecule has 1 atom stereocenters. The highest BCUT2D eigenvalue weighted by Gasteiger charge is 2.21. The van der Waals surface area contributed by atoms with Gasteiger partial charge in [-0.05, 0) is 23.6 Å². The molecule has 2 rings (SSSR count). The number of rotatable bonds is 4. The van der Waals surface area contributed by atoms with Crippen LogP contribution in [0.3, 0.4) is 0 Å². The van der Waals surface area contributed by atoms with Gasteiger partial charge in [0.2, 0.25) is 0 Å². The molecule has 0 N–H and O–H groups in total. The summed E-state index contributed by atoms with van der Waals surface area (Å²) in [4.78, 5) is 0. The van der Waals surface area contributed by atoms with Crippen molar-refractivity contribution in [2.75, 3.05) is 6.26 Å². The molecule has 4 heteroatoms. The minimum absolute atomic E-state index is 0.600. The largest absolute Gasteiger partial charge is 0.265 e. The van der Waals surface area contributed by atoms with Crippen LogP contribution in [0.1, 0.15) is 22.8 Å². The molecule has 0 fully saturated rings. The quantitative estimate of drug-likeness (QED) is 0.806. The van der Waals surface area contributed by atoms with Crippen LogP contribution in [-0.2, 0) is 14.3 Å². The van der Waals surface area contributed by atoms with Crippen LogP contribution in [0.5, 0.6) is 0 Å². The average Bonchev–Trinajstić information content (AvgIpc) is 2.37. The zero-order valence-corrected chi connectivity index (χ0v) is 11.7. The number of hydrogen-bond acceptors (Lipinski definition) is 3. The second kappa shape index (κ2) is 5.55. The Morgan fingerprint density at radius 3 is 2.11 bits per heavy atom. The summed E-state index contributed by atoms with van der Waals surface area (Å²) in [5, 5.41) is 0. The molecule has 0 saturated heterocycles. The molecule has 3 nitrogen and oxygen atoms in total. The van der Waals surface area contributed by atoms with E-state index < -0.39 is 16.2 Å². The van der Waals surface area contributed by atoms with E-state index in [1.165, 1.54) is 0 Å². The third-order valence-electron chi connectivity index (χ3n) is 2.84. The van der Waals surface area contributed by atoms with E-state index in [1.54, 1.807) is 0 Å². The molecule has 0 amide bonds. The first kappa shape index (κ1) is 13.8. The molecule has 2 aromatic carbocycles. The van der Waals surface area contributed by atoms with E-state index in [0.717, 1.165) is 22.9 Å². The van der Waals surface area contributed by atoms with Gasteiger partial charge >= 0.3 is 0 Å². The second-order valence-corrected chi connectivity index (χ2v) is 6.05. The van der Waals surface area contributed by atoms with Crippen molar-refractivity contribution < 1.29 is 12.6 Å². The maximum Gasteiger partial charge on any atom is 0.265 e. The molecule has 0 aliphatic heterocycles. The van der Waals surface area contributed by atoms with Gasteiger partial charge in [-0.15, -0.1) is 0 Å². The summed E-state index contributed by atoms with van der Waals surface area (Å²) in [5.41, 5.74) is 2.68. The van der Waals surface area contributed by atoms with Gasteiger partial charge in [0, 0.05) is 0 Å². The van der Waals surface area contributed by atoms with Gasteiger partial charge in [0.05, 0.1) is 6.26 Å². The van der Waals surface area contributed by atoms with Crippen molar-refractivity contribution >= 4 is 10.1 Å². The van der Waals surface area contributed by atoms with Crippen LogP contribution in [0, 0.1) is 6.92 Å². The maximum atomic E-state index is 11.5. The van der Waals surface area contributed by atoms with Crippen molar-refractivity contribution in [3.8, 4) is 0 Å². The average molecular weight is 276 g/mol. The Kier molecular flexibility index (Phi) is 4.02. The summed E-state index contributed by atoms with van der Waals surface area (Å²) in [6, 6.07) is 17.0. The van der Waals surface area contributed by atoms with E-state index in [9.17, 15) is 8.42 Å². The van der Waals surface area contributed by atoms with E-state index in [4.69, 9.17) is 4.18 Å². The highest BCUT2D eigenvalue weighted by atomic mass is 32.2. The van der Waals surface area contributed by atoms with Crippen molar-refractivity contribution in [2.24, 2.45) is 0 Å². The Morgan fingerprint density at radius 2 is 1.53 bits per heavy atom. The molecule has 19 heavy (non-hydrogen) atoms. The van der Waals surface area contributed by atoms with E-state index in [0.29, 0.717) is 0 Å². The standard InChI is InChI=1S/C15H16O3S/c1-12-8-6-7-11-14(12)15(18-19(2,16)17)13-9-4-3-5-10-13/h3-11,15H,1-2H3. The third kappa shape index (κ3) is 3.66. The van der Waals surface area contributed by atoms with E-state index in [2.05, 4.69) is 0 Å². The lowest BCUT2D eigenvalue weighted by Gasteiger charge is -2.19. The summed E-state index contributed by atoms with van der Waals surface area (Å²) in [6.45, 7) is 1.94. The Labute approximate surface area is 114 Å². The van der Waals surface area contributed by atoms with Crippen molar-refractivity contribution in [3.63, 3.8) is 0 Å². The SMILES string of the molecule is Cc1ccccc1C(OS(C)(=O)=O)c1ccccc1. The van der Waals surface area contributed by atoms with E-state index in [1.807, 2.05) is 61.5 Å². The topological polar surface area (TPSA) is 43.4 Å². The zero-order chi connectivity index (χ0) is 13.9. The van der Waals surface area contributed by atoms with Crippen LogP contribution < -0.4 is 0 Å². The first-order valence-corrected chi connectivity index (χ1v) is 7.78. The first-order chi connectivity index (χ1) is 8.97. The molecule has 0 aliphatic rings. The number of aryl methyl sites for hydroxylation is 1. The Morgan fingerprint density at radius 1 is 0.947 bits per heavy atom. The molecule has 0 aliphatic carbocycles. The van der Waals surface area contributed by atoms with Gasteiger partial charge in [-0.25, -0.2) is 0 Å². The molecule has 0 aromatic heterocycles. The second-order valence-electron chi connectivity index (χ2n) is 4.45. The van der Waals surface area contributed by atoms with Crippen molar-refractivity contribution in [1.29, 1.82) is 0 Å². The van der Waals surface area contributed by atoms with Gasteiger partial charge in [0.1, 0.15) is 6.10 Å². The molecular formula is C15H16O3S. The Bertz CT molecular complexity index is 648. The van der Waals surface area contributed by atoms with Gasteiger partial charge < -0.3 is 0 Å². The highest BCUT2D eigenvalue weighted by molar-refractivity contribution is 7.86. The van der Waals surface area contributed by atoms with Crippen LogP contribution in [-0.4, -0.2) is 14.7 Å². The minimum Gasteiger partial charge on any atom is -0.257 e. The van der Waals surface area contributed by atoms with Crippen molar-refractivity contribution in [2.45, 2.75) is 13.0 Å². The van der Waals surface area contributed by atoms with Gasteiger partial charge in [-0.3, -0.25) is 4.18 Å². The molecule has 2 aromatic rings. The summed E-state index contributed by atoms with van der Waals surface area (Å²) in [6.07, 6.45) is 0.471. The summed E-state index contributed by atoms with van der Waals surface area (Å²) in [5.74, 6) is 0. The van der Waals surface area contributed by atoms with E-state index >= 15 is 0 Å². The highest BCUT2D eigenvalue weighted by Crippen LogP contribution is 2.29. The smallest absolute Gasteiger partial charge is 0.257 e. The van der Waals surface area contributed by atoms with Gasteiger partial charge in [-0.1, -0.05) is 54.6 Å². The molecule has 1 unspecified atom stereocenters. The fourth-order valence-electron chi connectivity index (χ4n) is 1.97. The molecule has 0 bridgehead atoms. The molecule has 100 valence electrons. The van der Waals surface area contributed by atoms with Gasteiger partial charge in [0.25, 0.3) is 10.1 Å². The number of benzene rings is 2. The van der Waals surface area contributed by atoms with E-state index in [-0.39, 0.29) is 0 Å². The van der Waals surface area contributed by atoms with Crippen LogP contribution in [0.15, 0.2) is 54.6 Å². The normalized spacial score (nSPS) is 13.2.